The van der Waals surface area contributed by atoms with Gasteiger partial charge >= 0.3 is 5.97 Å². The van der Waals surface area contributed by atoms with Gasteiger partial charge in [-0.25, -0.2) is 0 Å². The summed E-state index contributed by atoms with van der Waals surface area (Å²) in [6, 6.07) is 0. The highest BCUT2D eigenvalue weighted by Gasteiger charge is 2.13. The lowest BCUT2D eigenvalue weighted by Crippen LogP contribution is -2.36. The Bertz CT molecular complexity index is 247. The molecule has 0 spiro atoms. The molecule has 0 atom stereocenters. The summed E-state index contributed by atoms with van der Waals surface area (Å²) in [7, 11) is 0. The molecule has 0 rings (SSSR count). The van der Waals surface area contributed by atoms with Crippen LogP contribution < -0.4 is 0 Å². The Hall–Kier alpha value is -1.14. The van der Waals surface area contributed by atoms with Crippen molar-refractivity contribution in [2.45, 2.75) is 33.1 Å². The summed E-state index contributed by atoms with van der Waals surface area (Å²) < 4.78 is 10.5. The van der Waals surface area contributed by atoms with E-state index in [0.29, 0.717) is 45.9 Å². The number of rotatable bonds is 12. The van der Waals surface area contributed by atoms with E-state index in [2.05, 4.69) is 0 Å². The molecular weight excluding hydrogens is 250 g/mol. The average molecular weight is 275 g/mol. The number of carbonyl (C=O) groups is 2. The quantitative estimate of drug-likeness (QED) is 0.541. The molecule has 0 aromatic carbocycles. The van der Waals surface area contributed by atoms with Gasteiger partial charge < -0.3 is 19.5 Å². The first-order valence-electron chi connectivity index (χ1n) is 6.76. The van der Waals surface area contributed by atoms with Crippen LogP contribution in [0.25, 0.3) is 0 Å². The van der Waals surface area contributed by atoms with Crippen LogP contribution in [0.3, 0.4) is 0 Å². The first kappa shape index (κ1) is 17.9. The van der Waals surface area contributed by atoms with E-state index >= 15 is 0 Å². The first-order chi connectivity index (χ1) is 9.11. The molecule has 0 unspecified atom stereocenters. The van der Waals surface area contributed by atoms with Gasteiger partial charge in [0.1, 0.15) is 0 Å². The first-order valence-corrected chi connectivity index (χ1v) is 6.76. The second-order valence-electron chi connectivity index (χ2n) is 4.02. The average Bonchev–Trinajstić information content (AvgIpc) is 2.36. The molecule has 0 aliphatic carbocycles. The maximum Gasteiger partial charge on any atom is 0.303 e. The van der Waals surface area contributed by atoms with E-state index in [0.717, 1.165) is 0 Å². The van der Waals surface area contributed by atoms with E-state index in [1.165, 1.54) is 0 Å². The summed E-state index contributed by atoms with van der Waals surface area (Å²) in [6.07, 6.45) is 0.648. The van der Waals surface area contributed by atoms with Crippen molar-refractivity contribution in [3.63, 3.8) is 0 Å². The Morgan fingerprint density at radius 1 is 1.00 bits per heavy atom. The predicted molar refractivity (Wildman–Crippen MR) is 71.1 cm³/mol. The maximum atomic E-state index is 11.9. The number of aliphatic carboxylic acids is 1. The molecule has 1 amide bonds. The molecule has 0 saturated carbocycles. The van der Waals surface area contributed by atoms with Crippen LogP contribution in [-0.4, -0.2) is 61.4 Å². The van der Waals surface area contributed by atoms with Gasteiger partial charge in [-0.05, 0) is 20.3 Å². The molecule has 0 saturated heterocycles. The van der Waals surface area contributed by atoms with E-state index in [9.17, 15) is 9.59 Å². The number of ether oxygens (including phenoxy) is 2. The lowest BCUT2D eigenvalue weighted by atomic mass is 10.2. The van der Waals surface area contributed by atoms with Gasteiger partial charge in [0.15, 0.2) is 0 Å². The van der Waals surface area contributed by atoms with Crippen molar-refractivity contribution in [3.8, 4) is 0 Å². The van der Waals surface area contributed by atoms with Crippen molar-refractivity contribution in [1.29, 1.82) is 0 Å². The molecule has 0 bridgehead atoms. The van der Waals surface area contributed by atoms with Crippen LogP contribution in [0, 0.1) is 0 Å². The molecule has 6 nitrogen and oxygen atoms in total. The highest BCUT2D eigenvalue weighted by Crippen LogP contribution is 2.02. The van der Waals surface area contributed by atoms with Gasteiger partial charge in [-0.15, -0.1) is 0 Å². The zero-order valence-electron chi connectivity index (χ0n) is 11.9. The maximum absolute atomic E-state index is 11.9. The van der Waals surface area contributed by atoms with E-state index < -0.39 is 5.97 Å². The smallest absolute Gasteiger partial charge is 0.303 e. The molecule has 0 aliphatic heterocycles. The largest absolute Gasteiger partial charge is 0.481 e. The van der Waals surface area contributed by atoms with Gasteiger partial charge in [0.05, 0.1) is 13.2 Å². The molecule has 0 fully saturated rings. The molecule has 0 aromatic heterocycles. The van der Waals surface area contributed by atoms with Gasteiger partial charge in [0.25, 0.3) is 0 Å². The van der Waals surface area contributed by atoms with E-state index in [4.69, 9.17) is 14.6 Å². The van der Waals surface area contributed by atoms with Crippen molar-refractivity contribution in [3.05, 3.63) is 0 Å². The fraction of sp³-hybridized carbons (Fsp3) is 0.846. The summed E-state index contributed by atoms with van der Waals surface area (Å²) in [5.41, 5.74) is 0. The normalized spacial score (nSPS) is 10.4. The molecule has 0 aromatic rings. The standard InChI is InChI=1S/C13H25NO5/c1-3-18-10-8-14(9-11-19-4-2)12(15)6-5-7-13(16)17/h3-11H2,1-2H3,(H,16,17). The third kappa shape index (κ3) is 10.5. The van der Waals surface area contributed by atoms with Crippen molar-refractivity contribution >= 4 is 11.9 Å². The fourth-order valence-electron chi connectivity index (χ4n) is 1.55. The van der Waals surface area contributed by atoms with Crippen LogP contribution in [-0.2, 0) is 19.1 Å². The summed E-state index contributed by atoms with van der Waals surface area (Å²) >= 11 is 0. The van der Waals surface area contributed by atoms with E-state index in [1.54, 1.807) is 4.90 Å². The van der Waals surface area contributed by atoms with Gasteiger partial charge in [-0.1, -0.05) is 0 Å². The third-order valence-electron chi connectivity index (χ3n) is 2.55. The third-order valence-corrected chi connectivity index (χ3v) is 2.55. The summed E-state index contributed by atoms with van der Waals surface area (Å²) in [4.78, 5) is 24.0. The van der Waals surface area contributed by atoms with Crippen molar-refractivity contribution in [1.82, 2.24) is 4.90 Å². The van der Waals surface area contributed by atoms with Crippen LogP contribution in [0.15, 0.2) is 0 Å². The minimum atomic E-state index is -0.872. The molecule has 0 radical (unpaired) electrons. The number of hydrogen-bond acceptors (Lipinski definition) is 4. The molecule has 6 heteroatoms. The van der Waals surface area contributed by atoms with Crippen molar-refractivity contribution in [2.24, 2.45) is 0 Å². The minimum Gasteiger partial charge on any atom is -0.481 e. The Morgan fingerprint density at radius 3 is 1.95 bits per heavy atom. The minimum absolute atomic E-state index is 0.0243. The number of carbonyl (C=O) groups excluding carboxylic acids is 1. The Labute approximate surface area is 114 Å². The molecular formula is C13H25NO5. The van der Waals surface area contributed by atoms with Crippen LogP contribution in [0.2, 0.25) is 0 Å². The highest BCUT2D eigenvalue weighted by atomic mass is 16.5. The number of nitrogens with zero attached hydrogens (tertiary/aromatic N) is 1. The number of carboxylic acids is 1. The second kappa shape index (κ2) is 11.9. The molecule has 0 aliphatic rings. The summed E-state index contributed by atoms with van der Waals surface area (Å²) in [6.45, 7) is 7.07. The van der Waals surface area contributed by atoms with Crippen molar-refractivity contribution < 1.29 is 24.2 Å². The Kier molecular flexibility index (Phi) is 11.2. The summed E-state index contributed by atoms with van der Waals surface area (Å²) in [5.74, 6) is -0.913. The topological polar surface area (TPSA) is 76.1 Å². The SMILES string of the molecule is CCOCCN(CCOCC)C(=O)CCCC(=O)O. The zero-order valence-corrected chi connectivity index (χ0v) is 11.9. The van der Waals surface area contributed by atoms with Crippen molar-refractivity contribution in [2.75, 3.05) is 39.5 Å². The van der Waals surface area contributed by atoms with Crippen LogP contribution in [0.4, 0.5) is 0 Å². The highest BCUT2D eigenvalue weighted by molar-refractivity contribution is 5.77. The fourth-order valence-corrected chi connectivity index (χ4v) is 1.55. The zero-order chi connectivity index (χ0) is 14.5. The number of carboxylic acid groups (broad SMARTS) is 1. The van der Waals surface area contributed by atoms with Gasteiger partial charge in [0, 0.05) is 39.1 Å². The van der Waals surface area contributed by atoms with E-state index in [1.807, 2.05) is 13.8 Å². The molecule has 1 N–H and O–H groups in total. The van der Waals surface area contributed by atoms with Crippen LogP contribution in [0.1, 0.15) is 33.1 Å². The second-order valence-corrected chi connectivity index (χ2v) is 4.02. The van der Waals surface area contributed by atoms with Crippen LogP contribution in [0.5, 0.6) is 0 Å². The number of hydrogen-bond donors (Lipinski definition) is 1. The van der Waals surface area contributed by atoms with E-state index in [-0.39, 0.29) is 18.7 Å². The molecule has 19 heavy (non-hydrogen) atoms. The number of amides is 1. The Morgan fingerprint density at radius 2 is 1.53 bits per heavy atom. The van der Waals surface area contributed by atoms with Gasteiger partial charge in [-0.3, -0.25) is 9.59 Å². The Balaban J connectivity index is 4.04. The van der Waals surface area contributed by atoms with Crippen LogP contribution >= 0.6 is 0 Å². The molecule has 112 valence electrons. The summed E-state index contributed by atoms with van der Waals surface area (Å²) in [5, 5.41) is 8.55. The van der Waals surface area contributed by atoms with Gasteiger partial charge in [-0.2, -0.15) is 0 Å². The monoisotopic (exact) mass is 275 g/mol. The van der Waals surface area contributed by atoms with Gasteiger partial charge in [0.2, 0.25) is 5.91 Å². The lowest BCUT2D eigenvalue weighted by molar-refractivity contribution is -0.137. The molecule has 0 heterocycles. The lowest BCUT2D eigenvalue weighted by Gasteiger charge is -2.22. The predicted octanol–water partition coefficient (Wildman–Crippen LogP) is 1.14.